The molecule has 4 heteroatoms. The number of fused-ring (bicyclic) bond motifs is 1. The summed E-state index contributed by atoms with van der Waals surface area (Å²) in [5, 5.41) is 4.19. The molecule has 1 saturated carbocycles. The molecule has 21 heavy (non-hydrogen) atoms. The summed E-state index contributed by atoms with van der Waals surface area (Å²) in [5.41, 5.74) is 1.19. The first-order valence-electron chi connectivity index (χ1n) is 7.75. The Labute approximate surface area is 125 Å². The van der Waals surface area contributed by atoms with Crippen LogP contribution in [0.15, 0.2) is 29.1 Å². The van der Waals surface area contributed by atoms with Crippen LogP contribution in [-0.2, 0) is 6.54 Å². The Kier molecular flexibility index (Phi) is 3.81. The zero-order valence-electron chi connectivity index (χ0n) is 12.8. The average molecular weight is 285 g/mol. The molecule has 1 fully saturated rings. The van der Waals surface area contributed by atoms with Crippen molar-refractivity contribution in [3.05, 3.63) is 40.4 Å². The fourth-order valence-electron chi connectivity index (χ4n) is 3.06. The molecule has 0 aliphatic heterocycles. The number of nitrogens with one attached hydrogen (secondary N) is 2. The number of benzene rings is 1. The van der Waals surface area contributed by atoms with Crippen molar-refractivity contribution < 1.29 is 0 Å². The highest BCUT2D eigenvalue weighted by Crippen LogP contribution is 2.34. The number of hydrogen-bond donors (Lipinski definition) is 2. The molecule has 0 spiro atoms. The van der Waals surface area contributed by atoms with E-state index in [2.05, 4.69) is 29.1 Å². The molecule has 0 amide bonds. The Morgan fingerprint density at radius 2 is 2.00 bits per heavy atom. The van der Waals surface area contributed by atoms with Crippen LogP contribution in [-0.4, -0.2) is 16.0 Å². The van der Waals surface area contributed by atoms with E-state index in [4.69, 9.17) is 0 Å². The summed E-state index contributed by atoms with van der Waals surface area (Å²) in [5.74, 6) is 0.725. The predicted molar refractivity (Wildman–Crippen MR) is 85.2 cm³/mol. The quantitative estimate of drug-likeness (QED) is 0.911. The SMILES string of the molecule is CC1(C)CCC(NCc2nc3ccccc3c(=O)[nH]2)CC1. The topological polar surface area (TPSA) is 57.8 Å². The molecular weight excluding hydrogens is 262 g/mol. The van der Waals surface area contributed by atoms with Crippen LogP contribution in [0, 0.1) is 5.41 Å². The molecule has 0 saturated heterocycles. The van der Waals surface area contributed by atoms with E-state index in [0.717, 1.165) is 11.3 Å². The minimum absolute atomic E-state index is 0.0535. The maximum Gasteiger partial charge on any atom is 0.258 e. The third-order valence-electron chi connectivity index (χ3n) is 4.56. The molecule has 0 unspecified atom stereocenters. The van der Waals surface area contributed by atoms with Crippen LogP contribution in [0.3, 0.4) is 0 Å². The molecule has 1 aliphatic carbocycles. The first-order chi connectivity index (χ1) is 10.0. The van der Waals surface area contributed by atoms with Gasteiger partial charge in [0.25, 0.3) is 5.56 Å². The molecule has 2 N–H and O–H groups in total. The van der Waals surface area contributed by atoms with Gasteiger partial charge in [-0.05, 0) is 43.2 Å². The highest BCUT2D eigenvalue weighted by atomic mass is 16.1. The van der Waals surface area contributed by atoms with Crippen molar-refractivity contribution in [1.29, 1.82) is 0 Å². The number of aromatic nitrogens is 2. The van der Waals surface area contributed by atoms with Crippen LogP contribution in [0.2, 0.25) is 0 Å². The van der Waals surface area contributed by atoms with E-state index in [9.17, 15) is 4.79 Å². The van der Waals surface area contributed by atoms with Crippen molar-refractivity contribution in [2.24, 2.45) is 5.41 Å². The number of nitrogens with zero attached hydrogens (tertiary/aromatic N) is 1. The highest BCUT2D eigenvalue weighted by Gasteiger charge is 2.26. The largest absolute Gasteiger partial charge is 0.309 e. The van der Waals surface area contributed by atoms with E-state index in [0.29, 0.717) is 23.4 Å². The standard InChI is InChI=1S/C17H23N3O/c1-17(2)9-7-12(8-10-17)18-11-15-19-14-6-4-3-5-13(14)16(21)20-15/h3-6,12,18H,7-11H2,1-2H3,(H,19,20,21). The number of rotatable bonds is 3. The molecule has 1 aromatic carbocycles. The van der Waals surface area contributed by atoms with Gasteiger partial charge < -0.3 is 10.3 Å². The van der Waals surface area contributed by atoms with Gasteiger partial charge in [0.2, 0.25) is 0 Å². The van der Waals surface area contributed by atoms with Gasteiger partial charge >= 0.3 is 0 Å². The number of H-pyrrole nitrogens is 1. The fraction of sp³-hybridized carbons (Fsp3) is 0.529. The van der Waals surface area contributed by atoms with E-state index >= 15 is 0 Å². The Balaban J connectivity index is 1.67. The lowest BCUT2D eigenvalue weighted by Crippen LogP contribution is -2.35. The minimum atomic E-state index is -0.0535. The minimum Gasteiger partial charge on any atom is -0.309 e. The van der Waals surface area contributed by atoms with E-state index < -0.39 is 0 Å². The van der Waals surface area contributed by atoms with Crippen LogP contribution in [0.25, 0.3) is 10.9 Å². The van der Waals surface area contributed by atoms with E-state index in [1.807, 2.05) is 24.3 Å². The van der Waals surface area contributed by atoms with Crippen molar-refractivity contribution in [1.82, 2.24) is 15.3 Å². The Bertz CT molecular complexity index is 680. The molecule has 112 valence electrons. The second-order valence-corrected chi connectivity index (χ2v) is 6.85. The predicted octanol–water partition coefficient (Wildman–Crippen LogP) is 2.98. The van der Waals surface area contributed by atoms with Crippen LogP contribution in [0.1, 0.15) is 45.4 Å². The molecule has 1 heterocycles. The Hall–Kier alpha value is -1.68. The highest BCUT2D eigenvalue weighted by molar-refractivity contribution is 5.77. The third-order valence-corrected chi connectivity index (χ3v) is 4.56. The summed E-state index contributed by atoms with van der Waals surface area (Å²) >= 11 is 0. The lowest BCUT2D eigenvalue weighted by Gasteiger charge is -2.34. The summed E-state index contributed by atoms with van der Waals surface area (Å²) < 4.78 is 0. The summed E-state index contributed by atoms with van der Waals surface area (Å²) in [4.78, 5) is 19.4. The van der Waals surface area contributed by atoms with Gasteiger partial charge in [0.1, 0.15) is 5.82 Å². The van der Waals surface area contributed by atoms with Crippen molar-refractivity contribution in [2.75, 3.05) is 0 Å². The van der Waals surface area contributed by atoms with Gasteiger partial charge in [0.15, 0.2) is 0 Å². The van der Waals surface area contributed by atoms with E-state index in [1.54, 1.807) is 0 Å². The van der Waals surface area contributed by atoms with Gasteiger partial charge in [-0.2, -0.15) is 0 Å². The van der Waals surface area contributed by atoms with Crippen molar-refractivity contribution in [3.8, 4) is 0 Å². The molecule has 1 aliphatic rings. The normalized spacial score (nSPS) is 19.0. The molecular formula is C17H23N3O. The maximum absolute atomic E-state index is 12.0. The number of aromatic amines is 1. The van der Waals surface area contributed by atoms with Crippen molar-refractivity contribution in [3.63, 3.8) is 0 Å². The maximum atomic E-state index is 12.0. The lowest BCUT2D eigenvalue weighted by molar-refractivity contribution is 0.205. The van der Waals surface area contributed by atoms with Gasteiger partial charge in [0.05, 0.1) is 17.4 Å². The van der Waals surface area contributed by atoms with Crippen LogP contribution in [0.5, 0.6) is 0 Å². The molecule has 3 rings (SSSR count). The van der Waals surface area contributed by atoms with Gasteiger partial charge in [-0.1, -0.05) is 26.0 Å². The van der Waals surface area contributed by atoms with Gasteiger partial charge in [0, 0.05) is 6.04 Å². The van der Waals surface area contributed by atoms with Crippen LogP contribution in [0.4, 0.5) is 0 Å². The Morgan fingerprint density at radius 3 is 2.76 bits per heavy atom. The second-order valence-electron chi connectivity index (χ2n) is 6.85. The summed E-state index contributed by atoms with van der Waals surface area (Å²) in [6.45, 7) is 5.31. The molecule has 1 aromatic heterocycles. The molecule has 2 aromatic rings. The zero-order chi connectivity index (χ0) is 14.9. The van der Waals surface area contributed by atoms with Gasteiger partial charge in [-0.15, -0.1) is 0 Å². The average Bonchev–Trinajstić information content (AvgIpc) is 2.46. The van der Waals surface area contributed by atoms with Crippen molar-refractivity contribution >= 4 is 10.9 Å². The van der Waals surface area contributed by atoms with E-state index in [1.165, 1.54) is 25.7 Å². The second kappa shape index (κ2) is 5.60. The Morgan fingerprint density at radius 1 is 1.29 bits per heavy atom. The zero-order valence-corrected chi connectivity index (χ0v) is 12.8. The summed E-state index contributed by atoms with van der Waals surface area (Å²) in [7, 11) is 0. The monoisotopic (exact) mass is 285 g/mol. The van der Waals surface area contributed by atoms with E-state index in [-0.39, 0.29) is 5.56 Å². The smallest absolute Gasteiger partial charge is 0.258 e. The van der Waals surface area contributed by atoms with Crippen LogP contribution >= 0.6 is 0 Å². The molecule has 4 nitrogen and oxygen atoms in total. The molecule has 0 atom stereocenters. The summed E-state index contributed by atoms with van der Waals surface area (Å²) in [6.07, 6.45) is 4.91. The molecule has 0 bridgehead atoms. The number of hydrogen-bond acceptors (Lipinski definition) is 3. The number of para-hydroxylation sites is 1. The molecule has 0 radical (unpaired) electrons. The fourth-order valence-corrected chi connectivity index (χ4v) is 3.06. The lowest BCUT2D eigenvalue weighted by atomic mass is 9.75. The third kappa shape index (κ3) is 3.32. The van der Waals surface area contributed by atoms with Gasteiger partial charge in [-0.25, -0.2) is 4.98 Å². The first-order valence-corrected chi connectivity index (χ1v) is 7.75. The van der Waals surface area contributed by atoms with Crippen LogP contribution < -0.4 is 10.9 Å². The van der Waals surface area contributed by atoms with Crippen molar-refractivity contribution in [2.45, 2.75) is 52.1 Å². The first kappa shape index (κ1) is 14.3. The van der Waals surface area contributed by atoms with Gasteiger partial charge in [-0.3, -0.25) is 4.79 Å². The summed E-state index contributed by atoms with van der Waals surface area (Å²) in [6, 6.07) is 8.00.